The third kappa shape index (κ3) is 4.31. The molecule has 1 atom stereocenters. The molecule has 0 radical (unpaired) electrons. The van der Waals surface area contributed by atoms with Crippen molar-refractivity contribution in [2.45, 2.75) is 45.8 Å². The number of hydrogen-bond acceptors (Lipinski definition) is 5. The number of aryl methyl sites for hydroxylation is 1. The first kappa shape index (κ1) is 21.9. The minimum absolute atomic E-state index is 0.0845. The average molecular weight is 458 g/mol. The largest absolute Gasteiger partial charge is 0.487 e. The number of carbonyl (C=O) groups is 1. The third-order valence-electron chi connectivity index (χ3n) is 6.48. The van der Waals surface area contributed by atoms with Crippen LogP contribution >= 0.6 is 0 Å². The zero-order valence-corrected chi connectivity index (χ0v) is 19.2. The Labute approximate surface area is 197 Å². The number of hydrogen-bond donors (Lipinski definition) is 2. The van der Waals surface area contributed by atoms with Crippen LogP contribution in [0.2, 0.25) is 0 Å². The van der Waals surface area contributed by atoms with Gasteiger partial charge in [0.25, 0.3) is 11.5 Å². The maximum absolute atomic E-state index is 13.0. The standard InChI is InChI=1S/C26H27N5O3/c1-16-8-6-13-21(23(16)25(33)27-17(2)18-11-7-12-18)34-15-20-14-22(32)31-26(28-20)29-24(30-31)19-9-4-3-5-10-19/h3-6,8-10,13-14,17-18H,7,11-12,15H2,1-2H3,(H,27,33)(H,28,29,30). The first-order valence-electron chi connectivity index (χ1n) is 11.6. The number of fused-ring (bicyclic) bond motifs is 1. The van der Waals surface area contributed by atoms with Crippen LogP contribution in [0.1, 0.15) is 47.8 Å². The number of carbonyl (C=O) groups excluding carboxylic acids is 1. The molecule has 8 heteroatoms. The lowest BCUT2D eigenvalue weighted by molar-refractivity contribution is 0.0904. The molecule has 1 saturated carbocycles. The number of aromatic nitrogens is 4. The van der Waals surface area contributed by atoms with E-state index in [1.54, 1.807) is 6.07 Å². The SMILES string of the molecule is Cc1cccc(OCc2cc(=O)n3nc(-c4ccccc4)nc3[nH]2)c1C(=O)NC(C)C1CCC1. The highest BCUT2D eigenvalue weighted by atomic mass is 16.5. The highest BCUT2D eigenvalue weighted by Gasteiger charge is 2.26. The van der Waals surface area contributed by atoms with E-state index < -0.39 is 0 Å². The number of aromatic amines is 1. The monoisotopic (exact) mass is 457 g/mol. The van der Waals surface area contributed by atoms with Gasteiger partial charge in [0, 0.05) is 17.7 Å². The molecule has 5 rings (SSSR count). The van der Waals surface area contributed by atoms with Crippen LogP contribution in [-0.4, -0.2) is 31.5 Å². The van der Waals surface area contributed by atoms with Gasteiger partial charge in [-0.1, -0.05) is 48.9 Å². The predicted octanol–water partition coefficient (Wildman–Crippen LogP) is 3.89. The van der Waals surface area contributed by atoms with Crippen molar-refractivity contribution in [1.29, 1.82) is 0 Å². The number of H-pyrrole nitrogens is 1. The predicted molar refractivity (Wildman–Crippen MR) is 129 cm³/mol. The molecule has 0 aliphatic heterocycles. The van der Waals surface area contributed by atoms with Gasteiger partial charge in [0.2, 0.25) is 5.78 Å². The van der Waals surface area contributed by atoms with Crippen molar-refractivity contribution < 1.29 is 9.53 Å². The van der Waals surface area contributed by atoms with E-state index in [-0.39, 0.29) is 24.1 Å². The van der Waals surface area contributed by atoms with Crippen molar-refractivity contribution in [1.82, 2.24) is 24.9 Å². The second-order valence-corrected chi connectivity index (χ2v) is 8.86. The van der Waals surface area contributed by atoms with Crippen molar-refractivity contribution in [3.63, 3.8) is 0 Å². The molecule has 0 spiro atoms. The normalized spacial score (nSPS) is 14.5. The van der Waals surface area contributed by atoms with Gasteiger partial charge in [-0.05, 0) is 44.2 Å². The Morgan fingerprint density at radius 3 is 2.74 bits per heavy atom. The number of nitrogens with zero attached hydrogens (tertiary/aromatic N) is 3. The zero-order valence-electron chi connectivity index (χ0n) is 19.2. The molecule has 0 bridgehead atoms. The van der Waals surface area contributed by atoms with Gasteiger partial charge in [0.1, 0.15) is 12.4 Å². The summed E-state index contributed by atoms with van der Waals surface area (Å²) in [5.41, 5.74) is 2.41. The van der Waals surface area contributed by atoms with E-state index in [2.05, 4.69) is 27.3 Å². The summed E-state index contributed by atoms with van der Waals surface area (Å²) in [7, 11) is 0. The van der Waals surface area contributed by atoms with Gasteiger partial charge in [-0.15, -0.1) is 5.10 Å². The molecular formula is C26H27N5O3. The van der Waals surface area contributed by atoms with Crippen LogP contribution in [-0.2, 0) is 6.61 Å². The summed E-state index contributed by atoms with van der Waals surface area (Å²) in [6.07, 6.45) is 3.54. The Morgan fingerprint density at radius 1 is 1.21 bits per heavy atom. The number of ether oxygens (including phenoxy) is 1. The Balaban J connectivity index is 1.36. The average Bonchev–Trinajstić information content (AvgIpc) is 3.22. The van der Waals surface area contributed by atoms with Gasteiger partial charge in [0.15, 0.2) is 5.82 Å². The van der Waals surface area contributed by atoms with Gasteiger partial charge in [0.05, 0.1) is 11.3 Å². The molecule has 174 valence electrons. The van der Waals surface area contributed by atoms with Gasteiger partial charge in [-0.3, -0.25) is 9.59 Å². The molecule has 34 heavy (non-hydrogen) atoms. The fraction of sp³-hybridized carbons (Fsp3) is 0.308. The second kappa shape index (κ2) is 9.13. The molecule has 2 aromatic carbocycles. The van der Waals surface area contributed by atoms with Crippen molar-refractivity contribution in [3.8, 4) is 17.1 Å². The van der Waals surface area contributed by atoms with E-state index in [1.807, 2.05) is 49.4 Å². The minimum atomic E-state index is -0.307. The molecule has 4 aromatic rings. The highest BCUT2D eigenvalue weighted by molar-refractivity contribution is 5.98. The van der Waals surface area contributed by atoms with E-state index in [4.69, 9.17) is 4.74 Å². The number of nitrogens with one attached hydrogen (secondary N) is 2. The summed E-state index contributed by atoms with van der Waals surface area (Å²) in [4.78, 5) is 33.2. The quantitative estimate of drug-likeness (QED) is 0.438. The van der Waals surface area contributed by atoms with Crippen LogP contribution in [0, 0.1) is 12.8 Å². The van der Waals surface area contributed by atoms with Crippen LogP contribution in [0.25, 0.3) is 17.2 Å². The molecule has 1 aliphatic carbocycles. The van der Waals surface area contributed by atoms with E-state index in [9.17, 15) is 9.59 Å². The maximum atomic E-state index is 13.0. The fourth-order valence-corrected chi connectivity index (χ4v) is 4.27. The molecule has 1 amide bonds. The van der Waals surface area contributed by atoms with Gasteiger partial charge in [-0.25, -0.2) is 0 Å². The summed E-state index contributed by atoms with van der Waals surface area (Å²) >= 11 is 0. The van der Waals surface area contributed by atoms with Crippen LogP contribution in [0.15, 0.2) is 59.4 Å². The molecule has 2 N–H and O–H groups in total. The summed E-state index contributed by atoms with van der Waals surface area (Å²) in [6, 6.07) is 16.6. The topological polar surface area (TPSA) is 101 Å². The van der Waals surface area contributed by atoms with Crippen LogP contribution in [0.4, 0.5) is 0 Å². The molecule has 2 heterocycles. The lowest BCUT2D eigenvalue weighted by atomic mass is 9.80. The summed E-state index contributed by atoms with van der Waals surface area (Å²) in [6.45, 7) is 4.04. The molecule has 1 unspecified atom stereocenters. The Bertz CT molecular complexity index is 1390. The second-order valence-electron chi connectivity index (χ2n) is 8.86. The molecule has 1 fully saturated rings. The summed E-state index contributed by atoms with van der Waals surface area (Å²) in [5.74, 6) is 1.68. The van der Waals surface area contributed by atoms with Crippen LogP contribution in [0.3, 0.4) is 0 Å². The number of rotatable bonds is 7. The zero-order chi connectivity index (χ0) is 23.7. The lowest BCUT2D eigenvalue weighted by Crippen LogP contribution is -2.41. The van der Waals surface area contributed by atoms with E-state index in [0.717, 1.165) is 24.0 Å². The number of benzene rings is 2. The smallest absolute Gasteiger partial charge is 0.276 e. The van der Waals surface area contributed by atoms with Crippen molar-refractivity contribution >= 4 is 11.7 Å². The summed E-state index contributed by atoms with van der Waals surface area (Å²) < 4.78 is 7.25. The Morgan fingerprint density at radius 2 is 2.00 bits per heavy atom. The molecule has 8 nitrogen and oxygen atoms in total. The Kier molecular flexibility index (Phi) is 5.88. The maximum Gasteiger partial charge on any atom is 0.276 e. The lowest BCUT2D eigenvalue weighted by Gasteiger charge is -2.32. The van der Waals surface area contributed by atoms with Crippen molar-refractivity contribution in [2.75, 3.05) is 0 Å². The van der Waals surface area contributed by atoms with Crippen molar-refractivity contribution in [3.05, 3.63) is 81.8 Å². The molecular weight excluding hydrogens is 430 g/mol. The van der Waals surface area contributed by atoms with Gasteiger partial charge >= 0.3 is 0 Å². The van der Waals surface area contributed by atoms with Gasteiger partial charge in [-0.2, -0.15) is 9.50 Å². The van der Waals surface area contributed by atoms with E-state index in [0.29, 0.717) is 34.5 Å². The molecule has 0 saturated heterocycles. The van der Waals surface area contributed by atoms with Gasteiger partial charge < -0.3 is 15.0 Å². The first-order chi connectivity index (χ1) is 16.5. The van der Waals surface area contributed by atoms with Crippen LogP contribution < -0.4 is 15.6 Å². The third-order valence-corrected chi connectivity index (χ3v) is 6.48. The van der Waals surface area contributed by atoms with E-state index in [1.165, 1.54) is 17.0 Å². The van der Waals surface area contributed by atoms with Crippen molar-refractivity contribution in [2.24, 2.45) is 5.92 Å². The molecule has 1 aliphatic rings. The highest BCUT2D eigenvalue weighted by Crippen LogP contribution is 2.30. The first-order valence-corrected chi connectivity index (χ1v) is 11.6. The Hall–Kier alpha value is -3.94. The fourth-order valence-electron chi connectivity index (χ4n) is 4.27. The molecule has 2 aromatic heterocycles. The minimum Gasteiger partial charge on any atom is -0.487 e. The van der Waals surface area contributed by atoms with E-state index >= 15 is 0 Å². The summed E-state index contributed by atoms with van der Waals surface area (Å²) in [5, 5.41) is 7.44. The van der Waals surface area contributed by atoms with Crippen LogP contribution in [0.5, 0.6) is 5.75 Å². The number of amides is 1.